The van der Waals surface area contributed by atoms with E-state index in [0.717, 1.165) is 28.5 Å². The zero-order chi connectivity index (χ0) is 25.3. The summed E-state index contributed by atoms with van der Waals surface area (Å²) in [5, 5.41) is 21.1. The third-order valence-corrected chi connectivity index (χ3v) is 7.69. The van der Waals surface area contributed by atoms with Gasteiger partial charge in [0.15, 0.2) is 0 Å². The number of nitrogens with one attached hydrogen (secondary N) is 1. The fourth-order valence-corrected chi connectivity index (χ4v) is 5.82. The molecular weight excluding hydrogens is 466 g/mol. The number of pyridine rings is 1. The Morgan fingerprint density at radius 3 is 2.72 bits per heavy atom. The minimum absolute atomic E-state index is 0.0356. The number of quaternary nitrogens is 1. The largest absolute Gasteiger partial charge is 0.595 e. The summed E-state index contributed by atoms with van der Waals surface area (Å²) in [6.07, 6.45) is 2.41. The van der Waals surface area contributed by atoms with E-state index in [1.165, 1.54) is 6.07 Å². The molecule has 10 heteroatoms. The highest BCUT2D eigenvalue weighted by Crippen LogP contribution is 2.36. The van der Waals surface area contributed by atoms with Gasteiger partial charge in [0.05, 0.1) is 18.2 Å². The van der Waals surface area contributed by atoms with Gasteiger partial charge in [-0.3, -0.25) is 9.59 Å². The van der Waals surface area contributed by atoms with Crippen LogP contribution in [0.3, 0.4) is 0 Å². The number of aryl methyl sites for hydroxylation is 2. The summed E-state index contributed by atoms with van der Waals surface area (Å²) in [5.74, 6) is -0.199. The van der Waals surface area contributed by atoms with Gasteiger partial charge in [0.25, 0.3) is 0 Å². The van der Waals surface area contributed by atoms with Crippen LogP contribution in [0.2, 0.25) is 0 Å². The van der Waals surface area contributed by atoms with E-state index in [9.17, 15) is 24.8 Å². The Morgan fingerprint density at radius 2 is 1.94 bits per heavy atom. The molecule has 1 amide bonds. The van der Waals surface area contributed by atoms with E-state index in [0.29, 0.717) is 41.9 Å². The summed E-state index contributed by atoms with van der Waals surface area (Å²) in [6.45, 7) is 5.00. The number of hydrogen-bond acceptors (Lipinski definition) is 7. The van der Waals surface area contributed by atoms with Crippen molar-refractivity contribution in [3.63, 3.8) is 0 Å². The number of benzene rings is 1. The normalized spacial score (nSPS) is 20.1. The van der Waals surface area contributed by atoms with Crippen molar-refractivity contribution in [2.24, 2.45) is 5.92 Å². The minimum Gasteiger partial charge on any atom is -0.595 e. The van der Waals surface area contributed by atoms with Crippen molar-refractivity contribution < 1.29 is 24.1 Å². The Balaban J connectivity index is 1.30. The number of amides is 1. The maximum atomic E-state index is 13.4. The average Bonchev–Trinajstić information content (AvgIpc) is 3.20. The van der Waals surface area contributed by atoms with Crippen LogP contribution < -0.4 is 16.4 Å². The van der Waals surface area contributed by atoms with Gasteiger partial charge < -0.3 is 23.5 Å². The van der Waals surface area contributed by atoms with Crippen molar-refractivity contribution in [3.8, 4) is 0 Å². The van der Waals surface area contributed by atoms with Crippen LogP contribution in [0.1, 0.15) is 34.7 Å². The van der Waals surface area contributed by atoms with Gasteiger partial charge in [-0.1, -0.05) is 0 Å². The van der Waals surface area contributed by atoms with E-state index in [4.69, 9.17) is 8.83 Å². The van der Waals surface area contributed by atoms with E-state index in [-0.39, 0.29) is 29.9 Å². The van der Waals surface area contributed by atoms with Gasteiger partial charge in [-0.25, -0.2) is 10.0 Å². The average molecular weight is 492 g/mol. The molecule has 10 nitrogen and oxygen atoms in total. The number of carbonyl (C=O) groups excluding carboxylic acids is 1. The first-order chi connectivity index (χ1) is 17.2. The number of aromatic nitrogens is 1. The molecule has 2 aliphatic heterocycles. The molecule has 186 valence electrons. The van der Waals surface area contributed by atoms with Crippen molar-refractivity contribution in [3.05, 3.63) is 78.9 Å². The van der Waals surface area contributed by atoms with E-state index in [1.54, 1.807) is 27.9 Å². The molecule has 1 saturated heterocycles. The first-order valence-corrected chi connectivity index (χ1v) is 11.9. The molecule has 1 aromatic carbocycles. The van der Waals surface area contributed by atoms with Crippen LogP contribution in [0, 0.1) is 25.0 Å². The highest BCUT2D eigenvalue weighted by molar-refractivity contribution is 5.96. The molecule has 2 aliphatic rings. The maximum absolute atomic E-state index is 13.4. The van der Waals surface area contributed by atoms with Crippen LogP contribution in [-0.4, -0.2) is 33.7 Å². The highest BCUT2D eigenvalue weighted by atomic mass is 16.8. The van der Waals surface area contributed by atoms with Crippen LogP contribution in [0.5, 0.6) is 0 Å². The van der Waals surface area contributed by atoms with Crippen molar-refractivity contribution in [1.82, 2.24) is 9.47 Å². The van der Waals surface area contributed by atoms with Crippen LogP contribution in [0.4, 0.5) is 5.69 Å². The molecule has 3 unspecified atom stereocenters. The SMILES string of the molecule is Cc1coc2cc3oc(=O)c(CC(=O)N4CC5CC(C4)c4ccc([NH+]([O-])O)c(=O)n4C5)c(C)c3cc12. The topological polar surface area (TPSA) is 133 Å². The molecule has 5 heterocycles. The molecule has 36 heavy (non-hydrogen) atoms. The molecule has 0 saturated carbocycles. The molecule has 6 rings (SSSR count). The van der Waals surface area contributed by atoms with Gasteiger partial charge in [0.2, 0.25) is 11.6 Å². The van der Waals surface area contributed by atoms with Crippen LogP contribution in [0.25, 0.3) is 21.9 Å². The van der Waals surface area contributed by atoms with Crippen molar-refractivity contribution in [2.75, 3.05) is 13.1 Å². The molecular formula is C26H25N3O7. The monoisotopic (exact) mass is 491 g/mol. The number of likely N-dealkylation sites (tertiary alicyclic amines) is 1. The van der Waals surface area contributed by atoms with E-state index < -0.39 is 16.4 Å². The summed E-state index contributed by atoms with van der Waals surface area (Å²) < 4.78 is 12.6. The summed E-state index contributed by atoms with van der Waals surface area (Å²) in [4.78, 5) is 40.6. The Bertz CT molecular complexity index is 1660. The van der Waals surface area contributed by atoms with Gasteiger partial charge in [-0.05, 0) is 49.4 Å². The molecule has 2 bridgehead atoms. The Hall–Kier alpha value is -3.73. The van der Waals surface area contributed by atoms with Crippen LogP contribution in [-0.2, 0) is 17.8 Å². The standard InChI is InChI=1S/C26H25N3O7/c1-13-12-35-22-8-23-18(6-17(13)22)14(2)19(26(32)36-23)7-24(30)27-9-15-5-16(11-27)20-3-4-21(29(33)34)25(31)28(20)10-15/h3-4,6,8,12,15-16,29,33H,5,7,9-11H2,1-2H3. The number of carbonyl (C=O) groups is 1. The zero-order valence-corrected chi connectivity index (χ0v) is 19.9. The lowest BCUT2D eigenvalue weighted by Gasteiger charge is -2.42. The second-order valence-electron chi connectivity index (χ2n) is 9.92. The van der Waals surface area contributed by atoms with Crippen molar-refractivity contribution in [2.45, 2.75) is 39.2 Å². The minimum atomic E-state index is -1.24. The molecule has 4 aromatic rings. The first kappa shape index (κ1) is 22.7. The summed E-state index contributed by atoms with van der Waals surface area (Å²) >= 11 is 0. The fourth-order valence-electron chi connectivity index (χ4n) is 5.82. The van der Waals surface area contributed by atoms with Crippen LogP contribution in [0.15, 0.2) is 49.0 Å². The lowest BCUT2D eigenvalue weighted by atomic mass is 9.83. The fraction of sp³-hybridized carbons (Fsp3) is 0.346. The number of rotatable bonds is 3. The number of hydrogen-bond donors (Lipinski definition) is 2. The lowest BCUT2D eigenvalue weighted by Crippen LogP contribution is -3.00. The molecule has 0 radical (unpaired) electrons. The summed E-state index contributed by atoms with van der Waals surface area (Å²) in [6, 6.07) is 6.67. The number of fused-ring (bicyclic) bond motifs is 6. The lowest BCUT2D eigenvalue weighted by molar-refractivity contribution is -0.992. The van der Waals surface area contributed by atoms with Crippen LogP contribution >= 0.6 is 0 Å². The number of piperidine rings is 1. The molecule has 3 aromatic heterocycles. The predicted octanol–water partition coefficient (Wildman–Crippen LogP) is 1.91. The molecule has 1 fully saturated rings. The third-order valence-electron chi connectivity index (χ3n) is 7.69. The predicted molar refractivity (Wildman–Crippen MR) is 129 cm³/mol. The zero-order valence-electron chi connectivity index (χ0n) is 19.9. The van der Waals surface area contributed by atoms with E-state index in [1.807, 2.05) is 19.9 Å². The highest BCUT2D eigenvalue weighted by Gasteiger charge is 2.37. The summed E-state index contributed by atoms with van der Waals surface area (Å²) in [5.41, 5.74) is 2.57. The quantitative estimate of drug-likeness (QED) is 0.330. The molecule has 3 atom stereocenters. The second kappa shape index (κ2) is 8.16. The summed E-state index contributed by atoms with van der Waals surface area (Å²) in [7, 11) is 0. The Morgan fingerprint density at radius 1 is 1.14 bits per heavy atom. The first-order valence-electron chi connectivity index (χ1n) is 11.9. The molecule has 0 aliphatic carbocycles. The second-order valence-corrected chi connectivity index (χ2v) is 9.92. The number of furan rings is 1. The van der Waals surface area contributed by atoms with E-state index in [2.05, 4.69) is 0 Å². The Kier molecular flexibility index (Phi) is 5.15. The molecule has 2 N–H and O–H groups in total. The third kappa shape index (κ3) is 3.48. The van der Waals surface area contributed by atoms with Gasteiger partial charge in [0.1, 0.15) is 11.2 Å². The van der Waals surface area contributed by atoms with Crippen molar-refractivity contribution in [1.29, 1.82) is 0 Å². The van der Waals surface area contributed by atoms with E-state index >= 15 is 0 Å². The van der Waals surface area contributed by atoms with Gasteiger partial charge in [0, 0.05) is 54.2 Å². The van der Waals surface area contributed by atoms with Crippen molar-refractivity contribution >= 4 is 33.5 Å². The molecule has 0 spiro atoms. The number of nitrogens with zero attached hydrogens (tertiary/aromatic N) is 2. The maximum Gasteiger partial charge on any atom is 0.340 e. The Labute approximate surface area is 204 Å². The van der Waals surface area contributed by atoms with Gasteiger partial charge in [-0.15, -0.1) is 0 Å². The van der Waals surface area contributed by atoms with Gasteiger partial charge >= 0.3 is 11.2 Å². The smallest absolute Gasteiger partial charge is 0.340 e. The van der Waals surface area contributed by atoms with Gasteiger partial charge in [-0.2, -0.15) is 5.23 Å².